The van der Waals surface area contributed by atoms with Crippen LogP contribution in [-0.4, -0.2) is 53.8 Å². The van der Waals surface area contributed by atoms with E-state index in [-0.39, 0.29) is 24.4 Å². The molecule has 145 valence electrons. The SMILES string of the molecule is CCCC(C)C.CCCC(C)C.OP(O)(O)=S.OP(O)(O)=S.[Sb]. The molecular formula is C12H34O6P2S2Sb. The van der Waals surface area contributed by atoms with Gasteiger partial charge in [-0.15, -0.1) is 0 Å². The maximum absolute atomic E-state index is 7.56. The fourth-order valence-electron chi connectivity index (χ4n) is 1.15. The van der Waals surface area contributed by atoms with Gasteiger partial charge in [-0.3, -0.25) is 0 Å². The molecule has 0 aliphatic heterocycles. The monoisotopic (exact) mass is 521 g/mol. The molecule has 0 aliphatic carbocycles. The zero-order valence-corrected chi connectivity index (χ0v) is 20.8. The van der Waals surface area contributed by atoms with E-state index in [1.54, 1.807) is 0 Å². The topological polar surface area (TPSA) is 121 Å². The van der Waals surface area contributed by atoms with Crippen LogP contribution in [0.3, 0.4) is 0 Å². The van der Waals surface area contributed by atoms with Crippen molar-refractivity contribution in [3.63, 3.8) is 0 Å². The predicted molar refractivity (Wildman–Crippen MR) is 107 cm³/mol. The van der Waals surface area contributed by atoms with Crippen LogP contribution in [0.2, 0.25) is 0 Å². The zero-order valence-electron chi connectivity index (χ0n) is 14.8. The summed E-state index contributed by atoms with van der Waals surface area (Å²) < 4.78 is 0. The second-order valence-corrected chi connectivity index (χ2v) is 10.4. The van der Waals surface area contributed by atoms with Gasteiger partial charge in [0.1, 0.15) is 0 Å². The van der Waals surface area contributed by atoms with Gasteiger partial charge in [0.25, 0.3) is 0 Å². The van der Waals surface area contributed by atoms with Crippen LogP contribution in [0.25, 0.3) is 0 Å². The summed E-state index contributed by atoms with van der Waals surface area (Å²) in [5.41, 5.74) is 0. The van der Waals surface area contributed by atoms with E-state index in [4.69, 9.17) is 29.4 Å². The molecule has 0 unspecified atom stereocenters. The Balaban J connectivity index is -0.0000000620. The average molecular weight is 522 g/mol. The van der Waals surface area contributed by atoms with Crippen molar-refractivity contribution in [3.05, 3.63) is 0 Å². The molecule has 0 spiro atoms. The van der Waals surface area contributed by atoms with Crippen LogP contribution in [0.4, 0.5) is 0 Å². The Morgan fingerprint density at radius 3 is 0.783 bits per heavy atom. The van der Waals surface area contributed by atoms with Gasteiger partial charge >= 0.3 is 13.4 Å². The second kappa shape index (κ2) is 21.9. The molecule has 0 aromatic heterocycles. The predicted octanol–water partition coefficient (Wildman–Crippen LogP) is 2.88. The molecule has 0 aromatic carbocycles. The summed E-state index contributed by atoms with van der Waals surface area (Å²) in [6.45, 7) is 5.85. The molecule has 11 heteroatoms. The average Bonchev–Trinajstić information content (AvgIpc) is 2.11. The Morgan fingerprint density at radius 1 is 0.652 bits per heavy atom. The standard InChI is InChI=1S/2C6H14.2H3O3PS.Sb/c2*1-4-5-6(2)3;2*1-4(2,3)5;/h2*6H,4-5H2,1-3H3;2*(H3,1,2,3,5);. The van der Waals surface area contributed by atoms with E-state index in [9.17, 15) is 0 Å². The van der Waals surface area contributed by atoms with Crippen LogP contribution < -0.4 is 0 Å². The minimum atomic E-state index is -3.81. The Hall–Kier alpha value is 1.88. The van der Waals surface area contributed by atoms with Gasteiger partial charge in [-0.05, 0) is 35.4 Å². The molecule has 3 radical (unpaired) electrons. The molecule has 0 bridgehead atoms. The van der Waals surface area contributed by atoms with Crippen molar-refractivity contribution in [1.29, 1.82) is 0 Å². The van der Waals surface area contributed by atoms with Crippen molar-refractivity contribution >= 4 is 61.5 Å². The third kappa shape index (κ3) is 184. The summed E-state index contributed by atoms with van der Waals surface area (Å²) in [5.74, 6) is 1.80. The molecule has 0 aromatic rings. The molecule has 0 saturated carbocycles. The third-order valence-electron chi connectivity index (χ3n) is 1.73. The van der Waals surface area contributed by atoms with E-state index in [0.29, 0.717) is 0 Å². The summed E-state index contributed by atoms with van der Waals surface area (Å²) in [4.78, 5) is 45.3. The van der Waals surface area contributed by atoms with E-state index < -0.39 is 13.4 Å². The van der Waals surface area contributed by atoms with Crippen LogP contribution in [0.1, 0.15) is 67.2 Å². The molecule has 0 atom stereocenters. The van der Waals surface area contributed by atoms with Crippen molar-refractivity contribution in [3.8, 4) is 0 Å². The van der Waals surface area contributed by atoms with Crippen molar-refractivity contribution in [1.82, 2.24) is 0 Å². The van der Waals surface area contributed by atoms with E-state index in [2.05, 4.69) is 65.2 Å². The van der Waals surface area contributed by atoms with Crippen molar-refractivity contribution in [2.75, 3.05) is 0 Å². The quantitative estimate of drug-likeness (QED) is 0.247. The first kappa shape index (κ1) is 35.9. The van der Waals surface area contributed by atoms with Crippen LogP contribution in [0.5, 0.6) is 0 Å². The van der Waals surface area contributed by atoms with Gasteiger partial charge in [0, 0.05) is 24.4 Å². The molecular weight excluding hydrogens is 488 g/mol. The molecule has 23 heavy (non-hydrogen) atoms. The zero-order chi connectivity index (χ0) is 19.0. The van der Waals surface area contributed by atoms with Crippen molar-refractivity contribution < 1.29 is 29.4 Å². The fraction of sp³-hybridized carbons (Fsp3) is 1.00. The van der Waals surface area contributed by atoms with Gasteiger partial charge in [0.2, 0.25) is 0 Å². The number of hydrogen-bond donors (Lipinski definition) is 6. The van der Waals surface area contributed by atoms with Gasteiger partial charge in [-0.1, -0.05) is 67.2 Å². The van der Waals surface area contributed by atoms with Gasteiger partial charge < -0.3 is 29.4 Å². The fourth-order valence-corrected chi connectivity index (χ4v) is 1.15. The van der Waals surface area contributed by atoms with Crippen LogP contribution in [0, 0.1) is 11.8 Å². The first-order valence-corrected chi connectivity index (χ1v) is 12.4. The minimum Gasteiger partial charge on any atom is -0.325 e. The summed E-state index contributed by atoms with van der Waals surface area (Å²) in [6, 6.07) is 0. The van der Waals surface area contributed by atoms with E-state index in [1.165, 1.54) is 25.7 Å². The summed E-state index contributed by atoms with van der Waals surface area (Å²) in [7, 11) is 0. The number of hydrogen-bond acceptors (Lipinski definition) is 2. The second-order valence-electron chi connectivity index (χ2n) is 5.39. The molecule has 0 saturated heterocycles. The third-order valence-corrected chi connectivity index (χ3v) is 1.73. The van der Waals surface area contributed by atoms with Crippen LogP contribution in [-0.2, 0) is 23.6 Å². The number of rotatable bonds is 4. The van der Waals surface area contributed by atoms with Crippen molar-refractivity contribution in [2.45, 2.75) is 67.2 Å². The molecule has 0 rings (SSSR count). The summed E-state index contributed by atoms with van der Waals surface area (Å²) in [5, 5.41) is 0. The largest absolute Gasteiger partial charge is 0.325 e. The Bertz CT molecular complexity index is 261. The molecule has 0 heterocycles. The first-order valence-electron chi connectivity index (χ1n) is 7.11. The Kier molecular flexibility index (Phi) is 34.2. The van der Waals surface area contributed by atoms with Gasteiger partial charge in [-0.2, -0.15) is 0 Å². The molecule has 0 aliphatic rings. The Labute approximate surface area is 169 Å². The maximum Gasteiger partial charge on any atom is 0.319 e. The molecule has 0 amide bonds. The smallest absolute Gasteiger partial charge is 0.319 e. The summed E-state index contributed by atoms with van der Waals surface area (Å²) >= 11 is 7.21. The van der Waals surface area contributed by atoms with E-state index >= 15 is 0 Å². The van der Waals surface area contributed by atoms with E-state index in [1.807, 2.05) is 0 Å². The molecule has 6 nitrogen and oxygen atoms in total. The van der Waals surface area contributed by atoms with Crippen LogP contribution >= 0.6 is 13.4 Å². The molecule has 6 N–H and O–H groups in total. The summed E-state index contributed by atoms with van der Waals surface area (Å²) in [6.07, 6.45) is 5.41. The van der Waals surface area contributed by atoms with Gasteiger partial charge in [0.05, 0.1) is 0 Å². The first-order chi connectivity index (χ1) is 9.54. The minimum absolute atomic E-state index is 0. The normalized spacial score (nSPS) is 10.3. The maximum atomic E-state index is 7.56. The van der Waals surface area contributed by atoms with E-state index in [0.717, 1.165) is 11.8 Å². The molecule has 0 fully saturated rings. The van der Waals surface area contributed by atoms with Crippen molar-refractivity contribution in [2.24, 2.45) is 11.8 Å². The van der Waals surface area contributed by atoms with Gasteiger partial charge in [0.15, 0.2) is 0 Å². The van der Waals surface area contributed by atoms with Gasteiger partial charge in [-0.25, -0.2) is 0 Å². The van der Waals surface area contributed by atoms with Crippen LogP contribution in [0.15, 0.2) is 0 Å². The Morgan fingerprint density at radius 2 is 0.783 bits per heavy atom.